The minimum Gasteiger partial charge on any atom is -0.479 e. The number of imidazole rings is 1. The van der Waals surface area contributed by atoms with Gasteiger partial charge in [-0.3, -0.25) is 0 Å². The van der Waals surface area contributed by atoms with Gasteiger partial charge in [0, 0.05) is 29.6 Å². The molecule has 9 nitrogen and oxygen atoms in total. The van der Waals surface area contributed by atoms with E-state index in [2.05, 4.69) is 25.4 Å². The number of nitrogens with one attached hydrogen (secondary N) is 1. The van der Waals surface area contributed by atoms with Crippen molar-refractivity contribution in [3.05, 3.63) is 30.4 Å². The first-order valence-electron chi connectivity index (χ1n) is 11.3. The molecule has 0 radical (unpaired) electrons. The summed E-state index contributed by atoms with van der Waals surface area (Å²) in [6.45, 7) is 3.11. The van der Waals surface area contributed by atoms with E-state index >= 15 is 0 Å². The number of halogens is 2. The highest BCUT2D eigenvalue weighted by Crippen LogP contribution is 2.34. The predicted molar refractivity (Wildman–Crippen MR) is 123 cm³/mol. The maximum Gasteiger partial charge on any atom is 0.256 e. The predicted octanol–water partition coefficient (Wildman–Crippen LogP) is 3.83. The largest absolute Gasteiger partial charge is 0.479 e. The van der Waals surface area contributed by atoms with Gasteiger partial charge in [-0.05, 0) is 51.7 Å². The van der Waals surface area contributed by atoms with E-state index in [1.807, 2.05) is 13.0 Å². The average Bonchev–Trinajstić information content (AvgIpc) is 3.35. The van der Waals surface area contributed by atoms with E-state index in [0.29, 0.717) is 34.3 Å². The van der Waals surface area contributed by atoms with E-state index in [0.717, 1.165) is 36.8 Å². The van der Waals surface area contributed by atoms with Gasteiger partial charge in [0.25, 0.3) is 6.43 Å². The number of anilines is 1. The van der Waals surface area contributed by atoms with Crippen molar-refractivity contribution in [2.75, 3.05) is 12.4 Å². The number of fused-ring (bicyclic) bond motifs is 2. The molecular weight excluding hydrogens is 444 g/mol. The zero-order chi connectivity index (χ0) is 24.0. The molecule has 11 heteroatoms. The molecule has 1 aliphatic rings. The Hall–Kier alpha value is -3.34. The number of pyridine rings is 1. The third kappa shape index (κ3) is 4.15. The van der Waals surface area contributed by atoms with Crippen LogP contribution in [0.3, 0.4) is 0 Å². The summed E-state index contributed by atoms with van der Waals surface area (Å²) < 4.78 is 35.0. The lowest BCUT2D eigenvalue weighted by Crippen LogP contribution is -2.36. The smallest absolute Gasteiger partial charge is 0.256 e. The third-order valence-corrected chi connectivity index (χ3v) is 6.50. The number of methoxy groups -OCH3 is 1. The van der Waals surface area contributed by atoms with Crippen LogP contribution in [0.5, 0.6) is 5.88 Å². The number of nitrogens with zero attached hydrogens (tertiary/aromatic N) is 6. The molecule has 0 atom stereocenters. The molecule has 180 valence electrons. The van der Waals surface area contributed by atoms with Crippen LogP contribution in [0, 0.1) is 6.92 Å². The molecule has 0 aliphatic heterocycles. The lowest BCUT2D eigenvalue weighted by atomic mass is 9.84. The van der Waals surface area contributed by atoms with E-state index in [9.17, 15) is 13.9 Å². The standard InChI is InChI=1S/C23H27F2N7O2/c1-13-27-20-17(31(13)12-18(24)25)10-14(11-26-20)16-6-9-32-19(16)21(34-3)29-22(30-32)28-15-4-7-23(2,33)8-5-15/h6,9-11,15,18,33H,4-5,7-8,12H2,1-3H3,(H,28,30)/t15-,23+. The van der Waals surface area contributed by atoms with Gasteiger partial charge in [-0.2, -0.15) is 4.98 Å². The molecule has 4 aromatic heterocycles. The molecule has 2 N–H and O–H groups in total. The van der Waals surface area contributed by atoms with Crippen molar-refractivity contribution in [1.82, 2.24) is 29.1 Å². The molecule has 4 heterocycles. The van der Waals surface area contributed by atoms with Crippen LogP contribution in [-0.4, -0.2) is 59.4 Å². The van der Waals surface area contributed by atoms with Crippen molar-refractivity contribution < 1.29 is 18.6 Å². The molecule has 34 heavy (non-hydrogen) atoms. The van der Waals surface area contributed by atoms with Crippen LogP contribution in [0.15, 0.2) is 24.5 Å². The number of alkyl halides is 2. The first-order valence-corrected chi connectivity index (χ1v) is 11.3. The number of aryl methyl sites for hydroxylation is 1. The lowest BCUT2D eigenvalue weighted by Gasteiger charge is -2.33. The Labute approximate surface area is 194 Å². The first-order chi connectivity index (χ1) is 16.2. The van der Waals surface area contributed by atoms with E-state index in [1.54, 1.807) is 37.0 Å². The molecule has 0 bridgehead atoms. The highest BCUT2D eigenvalue weighted by atomic mass is 19.3. The highest BCUT2D eigenvalue weighted by Gasteiger charge is 2.29. The van der Waals surface area contributed by atoms with Crippen LogP contribution in [-0.2, 0) is 6.54 Å². The van der Waals surface area contributed by atoms with Gasteiger partial charge < -0.3 is 19.7 Å². The summed E-state index contributed by atoms with van der Waals surface area (Å²) in [7, 11) is 1.54. The Morgan fingerprint density at radius 1 is 1.29 bits per heavy atom. The molecule has 0 saturated heterocycles. The first kappa shape index (κ1) is 22.5. The van der Waals surface area contributed by atoms with Crippen molar-refractivity contribution >= 4 is 22.6 Å². The lowest BCUT2D eigenvalue weighted by molar-refractivity contribution is 0.0195. The summed E-state index contributed by atoms with van der Waals surface area (Å²) in [6, 6.07) is 3.85. The Balaban J connectivity index is 1.51. The Morgan fingerprint density at radius 3 is 2.76 bits per heavy atom. The maximum absolute atomic E-state index is 13.1. The number of ether oxygens (including phenoxy) is 1. The molecule has 1 aliphatic carbocycles. The number of aliphatic hydroxyl groups is 1. The minimum absolute atomic E-state index is 0.169. The Morgan fingerprint density at radius 2 is 2.06 bits per heavy atom. The number of hydrogen-bond acceptors (Lipinski definition) is 7. The average molecular weight is 472 g/mol. The van der Waals surface area contributed by atoms with E-state index in [-0.39, 0.29) is 6.04 Å². The topological polar surface area (TPSA) is 102 Å². The Bertz CT molecular complexity index is 1340. The summed E-state index contributed by atoms with van der Waals surface area (Å²) in [5, 5.41) is 18.1. The normalized spacial score (nSPS) is 21.0. The zero-order valence-corrected chi connectivity index (χ0v) is 19.3. The van der Waals surface area contributed by atoms with Gasteiger partial charge in [-0.15, -0.1) is 5.10 Å². The fourth-order valence-electron chi connectivity index (χ4n) is 4.63. The number of rotatable bonds is 6. The molecule has 4 aromatic rings. The van der Waals surface area contributed by atoms with Crippen LogP contribution < -0.4 is 10.1 Å². The zero-order valence-electron chi connectivity index (χ0n) is 19.3. The number of hydrogen-bond donors (Lipinski definition) is 2. The van der Waals surface area contributed by atoms with Gasteiger partial charge in [0.1, 0.15) is 11.3 Å². The second-order valence-electron chi connectivity index (χ2n) is 9.11. The molecule has 5 rings (SSSR count). The van der Waals surface area contributed by atoms with E-state index in [1.165, 1.54) is 4.57 Å². The van der Waals surface area contributed by atoms with E-state index < -0.39 is 18.6 Å². The molecule has 1 saturated carbocycles. The molecule has 1 fully saturated rings. The number of aromatic nitrogens is 6. The van der Waals surface area contributed by atoms with Crippen molar-refractivity contribution in [2.45, 2.75) is 64.1 Å². The van der Waals surface area contributed by atoms with Gasteiger partial charge >= 0.3 is 0 Å². The Kier molecular flexibility index (Phi) is 5.59. The van der Waals surface area contributed by atoms with Gasteiger partial charge in [0.05, 0.1) is 24.8 Å². The van der Waals surface area contributed by atoms with Crippen LogP contribution in [0.25, 0.3) is 27.8 Å². The SMILES string of the molecule is COc1nc(N[C@H]2CC[C@@](C)(O)CC2)nn2ccc(-c3cnc4nc(C)n(CC(F)F)c4c3)c12. The maximum atomic E-state index is 13.1. The van der Waals surface area contributed by atoms with Crippen LogP contribution >= 0.6 is 0 Å². The molecule has 0 unspecified atom stereocenters. The quantitative estimate of drug-likeness (QED) is 0.441. The van der Waals surface area contributed by atoms with Crippen molar-refractivity contribution in [3.63, 3.8) is 0 Å². The van der Waals surface area contributed by atoms with Crippen LogP contribution in [0.2, 0.25) is 0 Å². The monoisotopic (exact) mass is 471 g/mol. The fraction of sp³-hybridized carbons (Fsp3) is 0.478. The van der Waals surface area contributed by atoms with Crippen molar-refractivity contribution in [3.8, 4) is 17.0 Å². The molecule has 0 amide bonds. The summed E-state index contributed by atoms with van der Waals surface area (Å²) in [6.07, 6.45) is 4.05. The summed E-state index contributed by atoms with van der Waals surface area (Å²) >= 11 is 0. The van der Waals surface area contributed by atoms with Crippen molar-refractivity contribution in [2.24, 2.45) is 0 Å². The third-order valence-electron chi connectivity index (χ3n) is 6.50. The van der Waals surface area contributed by atoms with Crippen molar-refractivity contribution in [1.29, 1.82) is 0 Å². The van der Waals surface area contributed by atoms with Crippen LogP contribution in [0.4, 0.5) is 14.7 Å². The molecule has 0 aromatic carbocycles. The minimum atomic E-state index is -2.50. The van der Waals surface area contributed by atoms with Gasteiger partial charge in [0.15, 0.2) is 5.65 Å². The summed E-state index contributed by atoms with van der Waals surface area (Å²) in [4.78, 5) is 13.3. The molecule has 0 spiro atoms. The molecular formula is C23H27F2N7O2. The van der Waals surface area contributed by atoms with Gasteiger partial charge in [0.2, 0.25) is 11.8 Å². The second-order valence-corrected chi connectivity index (χ2v) is 9.11. The highest BCUT2D eigenvalue weighted by molar-refractivity contribution is 5.88. The fourth-order valence-corrected chi connectivity index (χ4v) is 4.63. The van der Waals surface area contributed by atoms with Gasteiger partial charge in [-0.25, -0.2) is 23.3 Å². The van der Waals surface area contributed by atoms with Crippen LogP contribution in [0.1, 0.15) is 38.4 Å². The van der Waals surface area contributed by atoms with E-state index in [4.69, 9.17) is 4.74 Å². The summed E-state index contributed by atoms with van der Waals surface area (Å²) in [5.74, 6) is 1.32. The van der Waals surface area contributed by atoms with Gasteiger partial charge in [-0.1, -0.05) is 0 Å². The second kappa shape index (κ2) is 8.46. The summed E-state index contributed by atoms with van der Waals surface area (Å²) in [5.41, 5.74) is 2.50.